The lowest BCUT2D eigenvalue weighted by atomic mass is 10.2. The minimum atomic E-state index is -4.57. The predicted molar refractivity (Wildman–Crippen MR) is 113 cm³/mol. The minimum Gasteiger partial charge on any atom is -0.455 e. The number of amidine groups is 1. The van der Waals surface area contributed by atoms with Crippen LogP contribution in [0, 0.1) is 0 Å². The highest BCUT2D eigenvalue weighted by Crippen LogP contribution is 2.40. The summed E-state index contributed by atoms with van der Waals surface area (Å²) in [5, 5.41) is 5.50. The van der Waals surface area contributed by atoms with Crippen LogP contribution in [0.15, 0.2) is 34.3 Å². The van der Waals surface area contributed by atoms with Crippen LogP contribution in [0.2, 0.25) is 0 Å². The van der Waals surface area contributed by atoms with Crippen molar-refractivity contribution in [2.45, 2.75) is 37.4 Å². The molecule has 0 radical (unpaired) electrons. The molecule has 176 valence electrons. The third kappa shape index (κ3) is 8.32. The van der Waals surface area contributed by atoms with Gasteiger partial charge in [0, 0.05) is 24.3 Å². The zero-order chi connectivity index (χ0) is 23.8. The number of ether oxygens (including phenoxy) is 1. The second-order valence-corrected chi connectivity index (χ2v) is 7.20. The smallest absolute Gasteiger partial charge is 0.422 e. The van der Waals surface area contributed by atoms with E-state index in [0.717, 1.165) is 0 Å². The van der Waals surface area contributed by atoms with Gasteiger partial charge in [0.05, 0.1) is 0 Å². The van der Waals surface area contributed by atoms with E-state index in [1.165, 1.54) is 0 Å². The van der Waals surface area contributed by atoms with E-state index in [-0.39, 0.29) is 11.8 Å². The number of carbonyl (C=O) groups excluding carboxylic acids is 2. The Hall–Kier alpha value is -3.51. The number of hydrogen-bond acceptors (Lipinski definition) is 5. The number of alkyl halides is 3. The molecule has 1 saturated carbocycles. The number of nitrogens with one attached hydrogen (secondary N) is 2. The summed E-state index contributed by atoms with van der Waals surface area (Å²) in [6.45, 7) is -0.823. The predicted octanol–water partition coefficient (Wildman–Crippen LogP) is 0.636. The molecule has 2 rings (SSSR count). The summed E-state index contributed by atoms with van der Waals surface area (Å²) < 4.78 is 40.5. The maximum absolute atomic E-state index is 12.3. The Morgan fingerprint density at radius 1 is 1.06 bits per heavy atom. The molecule has 0 aromatic heterocycles. The van der Waals surface area contributed by atoms with Crippen molar-refractivity contribution in [1.29, 1.82) is 0 Å². The maximum Gasteiger partial charge on any atom is 0.422 e. The standard InChI is InChI=1S/C19H26F3N7O3/c20-19(21,22)11-32-17(25)28-16(24)29-18(7-8-18)15(31)27-10-2-1-9-26-14(30)12-3-5-13(23)6-4-12/h3-6H,1-2,7-11,23H2,(H,26,30)(H,27,31)(H4,24,25,28,29). The molecule has 0 spiro atoms. The first-order valence-electron chi connectivity index (χ1n) is 9.82. The van der Waals surface area contributed by atoms with Crippen molar-refractivity contribution in [2.75, 3.05) is 25.4 Å². The van der Waals surface area contributed by atoms with E-state index in [0.29, 0.717) is 50.0 Å². The molecule has 1 aliphatic rings. The number of nitrogen functional groups attached to an aromatic ring is 1. The van der Waals surface area contributed by atoms with Crippen LogP contribution in [-0.4, -0.2) is 55.2 Å². The van der Waals surface area contributed by atoms with Crippen molar-refractivity contribution in [3.8, 4) is 0 Å². The lowest BCUT2D eigenvalue weighted by Crippen LogP contribution is -2.37. The first-order valence-corrected chi connectivity index (χ1v) is 9.82. The number of hydrogen-bond donors (Lipinski definition) is 5. The van der Waals surface area contributed by atoms with Crippen molar-refractivity contribution < 1.29 is 27.5 Å². The molecule has 13 heteroatoms. The number of halogens is 3. The highest BCUT2D eigenvalue weighted by Gasteiger charge is 2.50. The molecule has 1 fully saturated rings. The van der Waals surface area contributed by atoms with E-state index in [9.17, 15) is 22.8 Å². The molecule has 0 bridgehead atoms. The molecular formula is C19H26F3N7O3. The molecule has 2 amide bonds. The number of unbranched alkanes of at least 4 members (excludes halogenated alkanes) is 1. The Balaban J connectivity index is 1.69. The SMILES string of the molecule is NC(=NC1(C(=O)NCCCCNC(=O)c2ccc(N)cc2)CC1)N=C(N)OCC(F)(F)F. The first kappa shape index (κ1) is 24.8. The zero-order valence-electron chi connectivity index (χ0n) is 17.2. The number of amides is 2. The van der Waals surface area contributed by atoms with Crippen LogP contribution in [0.3, 0.4) is 0 Å². The molecule has 10 nitrogen and oxygen atoms in total. The van der Waals surface area contributed by atoms with Crippen molar-refractivity contribution in [2.24, 2.45) is 21.5 Å². The number of anilines is 1. The van der Waals surface area contributed by atoms with Gasteiger partial charge in [0.25, 0.3) is 11.9 Å². The molecule has 1 aromatic rings. The number of nitrogens with two attached hydrogens (primary N) is 3. The van der Waals surface area contributed by atoms with E-state index in [4.69, 9.17) is 17.2 Å². The van der Waals surface area contributed by atoms with Crippen LogP contribution in [0.1, 0.15) is 36.0 Å². The molecule has 0 atom stereocenters. The third-order valence-corrected chi connectivity index (χ3v) is 4.43. The highest BCUT2D eigenvalue weighted by molar-refractivity contribution is 5.96. The van der Waals surface area contributed by atoms with Crippen molar-refractivity contribution in [1.82, 2.24) is 10.6 Å². The Morgan fingerprint density at radius 3 is 2.22 bits per heavy atom. The van der Waals surface area contributed by atoms with E-state index in [2.05, 4.69) is 25.4 Å². The summed E-state index contributed by atoms with van der Waals surface area (Å²) in [5.74, 6) is -1.02. The number of benzene rings is 1. The number of nitrogens with zero attached hydrogens (tertiary/aromatic N) is 2. The Kier molecular flexibility index (Phi) is 8.27. The number of rotatable bonds is 9. The van der Waals surface area contributed by atoms with Gasteiger partial charge in [0.1, 0.15) is 5.54 Å². The lowest BCUT2D eigenvalue weighted by Gasteiger charge is -2.12. The Labute approximate surface area is 182 Å². The second kappa shape index (κ2) is 10.7. The van der Waals surface area contributed by atoms with Gasteiger partial charge in [-0.2, -0.15) is 18.2 Å². The number of aliphatic imine (C=N–C) groups is 2. The minimum absolute atomic E-state index is 0.213. The van der Waals surface area contributed by atoms with Crippen molar-refractivity contribution in [3.05, 3.63) is 29.8 Å². The van der Waals surface area contributed by atoms with Gasteiger partial charge < -0.3 is 32.6 Å². The third-order valence-electron chi connectivity index (χ3n) is 4.43. The molecule has 0 unspecified atom stereocenters. The van der Waals surface area contributed by atoms with Gasteiger partial charge in [-0.3, -0.25) is 9.59 Å². The summed E-state index contributed by atoms with van der Waals surface area (Å²) in [6, 6.07) is 5.75. The summed E-state index contributed by atoms with van der Waals surface area (Å²) in [4.78, 5) is 31.7. The van der Waals surface area contributed by atoms with E-state index < -0.39 is 30.3 Å². The molecule has 8 N–H and O–H groups in total. The fourth-order valence-electron chi connectivity index (χ4n) is 2.61. The fourth-order valence-corrected chi connectivity index (χ4v) is 2.61. The average Bonchev–Trinajstić information content (AvgIpc) is 3.49. The van der Waals surface area contributed by atoms with E-state index in [1.54, 1.807) is 24.3 Å². The highest BCUT2D eigenvalue weighted by atomic mass is 19.4. The van der Waals surface area contributed by atoms with Gasteiger partial charge in [0.2, 0.25) is 11.9 Å². The van der Waals surface area contributed by atoms with Gasteiger partial charge in [-0.15, -0.1) is 0 Å². The molecule has 32 heavy (non-hydrogen) atoms. The van der Waals surface area contributed by atoms with Crippen LogP contribution >= 0.6 is 0 Å². The maximum atomic E-state index is 12.3. The summed E-state index contributed by atoms with van der Waals surface area (Å²) in [7, 11) is 0. The average molecular weight is 457 g/mol. The lowest BCUT2D eigenvalue weighted by molar-refractivity contribution is -0.156. The van der Waals surface area contributed by atoms with E-state index >= 15 is 0 Å². The summed E-state index contributed by atoms with van der Waals surface area (Å²) >= 11 is 0. The summed E-state index contributed by atoms with van der Waals surface area (Å²) in [5.41, 5.74) is 16.3. The van der Waals surface area contributed by atoms with Crippen LogP contribution in [0.25, 0.3) is 0 Å². The second-order valence-electron chi connectivity index (χ2n) is 7.20. The van der Waals surface area contributed by atoms with Crippen molar-refractivity contribution in [3.63, 3.8) is 0 Å². The molecule has 0 aliphatic heterocycles. The van der Waals surface area contributed by atoms with Gasteiger partial charge in [-0.25, -0.2) is 4.99 Å². The molecular weight excluding hydrogens is 431 g/mol. The molecule has 1 aromatic carbocycles. The normalized spacial score (nSPS) is 15.7. The topological polar surface area (TPSA) is 170 Å². The monoisotopic (exact) mass is 457 g/mol. The first-order chi connectivity index (χ1) is 15.0. The quantitative estimate of drug-likeness (QED) is 0.158. The largest absolute Gasteiger partial charge is 0.455 e. The van der Waals surface area contributed by atoms with Crippen LogP contribution in [-0.2, 0) is 9.53 Å². The van der Waals surface area contributed by atoms with Gasteiger partial charge in [-0.05, 0) is 49.9 Å². The fraction of sp³-hybridized carbons (Fsp3) is 0.474. The molecule has 0 heterocycles. The molecule has 1 aliphatic carbocycles. The van der Waals surface area contributed by atoms with E-state index in [1.807, 2.05) is 0 Å². The number of carbonyl (C=O) groups is 2. The van der Waals surface area contributed by atoms with Crippen molar-refractivity contribution >= 4 is 29.5 Å². The summed E-state index contributed by atoms with van der Waals surface area (Å²) in [6.07, 6.45) is -2.47. The molecule has 0 saturated heterocycles. The van der Waals surface area contributed by atoms with Crippen LogP contribution in [0.5, 0.6) is 0 Å². The Morgan fingerprint density at radius 2 is 1.66 bits per heavy atom. The zero-order valence-corrected chi connectivity index (χ0v) is 17.2. The van der Waals surface area contributed by atoms with Crippen LogP contribution in [0.4, 0.5) is 18.9 Å². The van der Waals surface area contributed by atoms with Gasteiger partial charge >= 0.3 is 6.18 Å². The Bertz CT molecular complexity index is 866. The number of guanidine groups is 1. The van der Waals surface area contributed by atoms with Gasteiger partial charge in [-0.1, -0.05) is 0 Å². The van der Waals surface area contributed by atoms with Crippen LogP contribution < -0.4 is 27.8 Å². The van der Waals surface area contributed by atoms with Gasteiger partial charge in [0.15, 0.2) is 6.61 Å².